The van der Waals surface area contributed by atoms with Crippen molar-refractivity contribution in [3.8, 4) is 0 Å². The lowest BCUT2D eigenvalue weighted by Crippen LogP contribution is -2.46. The number of hydrogen-bond donors (Lipinski definition) is 2. The van der Waals surface area contributed by atoms with Crippen molar-refractivity contribution in [1.82, 2.24) is 20.5 Å². The highest BCUT2D eigenvalue weighted by atomic mass is 35.5. The van der Waals surface area contributed by atoms with Crippen LogP contribution in [0.4, 0.5) is 0 Å². The van der Waals surface area contributed by atoms with E-state index in [1.807, 2.05) is 0 Å². The van der Waals surface area contributed by atoms with Gasteiger partial charge in [-0.25, -0.2) is 0 Å². The van der Waals surface area contributed by atoms with Gasteiger partial charge in [0, 0.05) is 51.7 Å². The SMILES string of the molecule is Cl.Cl.O=C(NCCN1CCNCC1)c1ccncc1Cl. The van der Waals surface area contributed by atoms with Crippen LogP contribution in [0.15, 0.2) is 18.5 Å². The highest BCUT2D eigenvalue weighted by Crippen LogP contribution is 2.12. The van der Waals surface area contributed by atoms with E-state index in [2.05, 4.69) is 20.5 Å². The van der Waals surface area contributed by atoms with E-state index in [0.717, 1.165) is 32.7 Å². The average Bonchev–Trinajstić information content (AvgIpc) is 2.40. The average molecular weight is 342 g/mol. The molecule has 1 saturated heterocycles. The number of nitrogens with zero attached hydrogens (tertiary/aromatic N) is 2. The Balaban J connectivity index is 0.00000180. The summed E-state index contributed by atoms with van der Waals surface area (Å²) >= 11 is 5.90. The summed E-state index contributed by atoms with van der Waals surface area (Å²) < 4.78 is 0. The zero-order chi connectivity index (χ0) is 12.8. The molecular formula is C12H19Cl3N4O. The molecule has 8 heteroatoms. The second-order valence-electron chi connectivity index (χ2n) is 4.20. The smallest absolute Gasteiger partial charge is 0.252 e. The van der Waals surface area contributed by atoms with Crippen molar-refractivity contribution >= 4 is 42.3 Å². The third-order valence-corrected chi connectivity index (χ3v) is 3.24. The van der Waals surface area contributed by atoms with Crippen molar-refractivity contribution in [3.05, 3.63) is 29.0 Å². The van der Waals surface area contributed by atoms with Gasteiger partial charge < -0.3 is 10.6 Å². The van der Waals surface area contributed by atoms with Gasteiger partial charge in [-0.15, -0.1) is 24.8 Å². The van der Waals surface area contributed by atoms with Crippen LogP contribution in [-0.2, 0) is 0 Å². The van der Waals surface area contributed by atoms with E-state index in [1.165, 1.54) is 6.20 Å². The molecule has 0 aromatic carbocycles. The molecule has 1 aromatic rings. The molecule has 1 aliphatic rings. The molecule has 0 unspecified atom stereocenters. The third kappa shape index (κ3) is 5.81. The molecule has 0 bridgehead atoms. The summed E-state index contributed by atoms with van der Waals surface area (Å²) in [5, 5.41) is 6.55. The molecule has 1 amide bonds. The van der Waals surface area contributed by atoms with Crippen molar-refractivity contribution < 1.29 is 4.79 Å². The summed E-state index contributed by atoms with van der Waals surface area (Å²) in [7, 11) is 0. The largest absolute Gasteiger partial charge is 0.351 e. The van der Waals surface area contributed by atoms with Crippen molar-refractivity contribution in [1.29, 1.82) is 0 Å². The summed E-state index contributed by atoms with van der Waals surface area (Å²) in [6.45, 7) is 5.61. The third-order valence-electron chi connectivity index (χ3n) is 2.94. The van der Waals surface area contributed by atoms with E-state index in [1.54, 1.807) is 12.3 Å². The van der Waals surface area contributed by atoms with Gasteiger partial charge in [-0.2, -0.15) is 0 Å². The standard InChI is InChI=1S/C12H17ClN4O.2ClH/c13-11-9-15-2-1-10(11)12(18)16-5-8-17-6-3-14-4-7-17;;/h1-2,9,14H,3-8H2,(H,16,18);2*1H. The monoisotopic (exact) mass is 340 g/mol. The summed E-state index contributed by atoms with van der Waals surface area (Å²) in [5.74, 6) is -0.141. The van der Waals surface area contributed by atoms with Gasteiger partial charge in [-0.1, -0.05) is 11.6 Å². The fraction of sp³-hybridized carbons (Fsp3) is 0.500. The molecule has 2 heterocycles. The molecule has 1 aromatic heterocycles. The van der Waals surface area contributed by atoms with Gasteiger partial charge in [0.2, 0.25) is 0 Å². The van der Waals surface area contributed by atoms with Crippen molar-refractivity contribution in [2.45, 2.75) is 0 Å². The fourth-order valence-corrected chi connectivity index (χ4v) is 2.12. The Morgan fingerprint density at radius 2 is 2.10 bits per heavy atom. The lowest BCUT2D eigenvalue weighted by Gasteiger charge is -2.27. The number of nitrogens with one attached hydrogen (secondary N) is 2. The van der Waals surface area contributed by atoms with Crippen LogP contribution in [-0.4, -0.2) is 55.1 Å². The van der Waals surface area contributed by atoms with Gasteiger partial charge in [0.1, 0.15) is 0 Å². The van der Waals surface area contributed by atoms with Crippen LogP contribution in [0.3, 0.4) is 0 Å². The molecule has 0 spiro atoms. The molecule has 1 fully saturated rings. The Labute approximate surface area is 136 Å². The number of pyridine rings is 1. The normalized spacial score (nSPS) is 14.8. The molecule has 1 aliphatic heterocycles. The van der Waals surface area contributed by atoms with E-state index in [0.29, 0.717) is 17.1 Å². The molecule has 5 nitrogen and oxygen atoms in total. The quantitative estimate of drug-likeness (QED) is 0.864. The Hall–Kier alpha value is -0.590. The summed E-state index contributed by atoms with van der Waals surface area (Å²) in [4.78, 5) is 18.0. The zero-order valence-corrected chi connectivity index (χ0v) is 13.4. The van der Waals surface area contributed by atoms with E-state index in [-0.39, 0.29) is 30.7 Å². The van der Waals surface area contributed by atoms with Crippen LogP contribution in [0, 0.1) is 0 Å². The first-order valence-corrected chi connectivity index (χ1v) is 6.46. The highest BCUT2D eigenvalue weighted by Gasteiger charge is 2.11. The van der Waals surface area contributed by atoms with Crippen LogP contribution < -0.4 is 10.6 Å². The predicted molar refractivity (Wildman–Crippen MR) is 85.4 cm³/mol. The Bertz CT molecular complexity index is 413. The van der Waals surface area contributed by atoms with Gasteiger partial charge in [-0.05, 0) is 6.07 Å². The molecule has 20 heavy (non-hydrogen) atoms. The number of rotatable bonds is 4. The maximum Gasteiger partial charge on any atom is 0.252 e. The van der Waals surface area contributed by atoms with Gasteiger partial charge in [0.15, 0.2) is 0 Å². The molecule has 0 saturated carbocycles. The second kappa shape index (κ2) is 10.2. The van der Waals surface area contributed by atoms with Gasteiger partial charge in [0.05, 0.1) is 10.6 Å². The van der Waals surface area contributed by atoms with E-state index >= 15 is 0 Å². The first-order valence-electron chi connectivity index (χ1n) is 6.08. The van der Waals surface area contributed by atoms with Crippen LogP contribution >= 0.6 is 36.4 Å². The Morgan fingerprint density at radius 1 is 1.40 bits per heavy atom. The van der Waals surface area contributed by atoms with Crippen LogP contribution in [0.25, 0.3) is 0 Å². The molecule has 2 N–H and O–H groups in total. The number of piperazine rings is 1. The lowest BCUT2D eigenvalue weighted by atomic mass is 10.2. The first-order chi connectivity index (χ1) is 8.77. The zero-order valence-electron chi connectivity index (χ0n) is 11.0. The first kappa shape index (κ1) is 19.4. The van der Waals surface area contributed by atoms with Crippen molar-refractivity contribution in [2.24, 2.45) is 0 Å². The van der Waals surface area contributed by atoms with Gasteiger partial charge in [-0.3, -0.25) is 14.7 Å². The summed E-state index contributed by atoms with van der Waals surface area (Å²) in [6.07, 6.45) is 3.05. The van der Waals surface area contributed by atoms with Crippen LogP contribution in [0.5, 0.6) is 0 Å². The maximum atomic E-state index is 11.9. The van der Waals surface area contributed by atoms with Crippen molar-refractivity contribution in [3.63, 3.8) is 0 Å². The minimum absolute atomic E-state index is 0. The van der Waals surface area contributed by atoms with E-state index in [4.69, 9.17) is 11.6 Å². The predicted octanol–water partition coefficient (Wildman–Crippen LogP) is 1.21. The van der Waals surface area contributed by atoms with Gasteiger partial charge >= 0.3 is 0 Å². The number of carbonyl (C=O) groups excluding carboxylic acids is 1. The Morgan fingerprint density at radius 3 is 2.75 bits per heavy atom. The van der Waals surface area contributed by atoms with Crippen LogP contribution in [0.2, 0.25) is 5.02 Å². The molecule has 2 rings (SSSR count). The lowest BCUT2D eigenvalue weighted by molar-refractivity contribution is 0.0947. The highest BCUT2D eigenvalue weighted by molar-refractivity contribution is 6.33. The summed E-state index contributed by atoms with van der Waals surface area (Å²) in [5.41, 5.74) is 0.479. The molecule has 0 atom stereocenters. The number of hydrogen-bond acceptors (Lipinski definition) is 4. The number of halogens is 3. The van der Waals surface area contributed by atoms with E-state index in [9.17, 15) is 4.79 Å². The van der Waals surface area contributed by atoms with Crippen molar-refractivity contribution in [2.75, 3.05) is 39.3 Å². The minimum Gasteiger partial charge on any atom is -0.351 e. The number of carbonyl (C=O) groups is 1. The second-order valence-corrected chi connectivity index (χ2v) is 4.61. The van der Waals surface area contributed by atoms with Gasteiger partial charge in [0.25, 0.3) is 5.91 Å². The summed E-state index contributed by atoms with van der Waals surface area (Å²) in [6, 6.07) is 1.63. The minimum atomic E-state index is -0.141. The van der Waals surface area contributed by atoms with E-state index < -0.39 is 0 Å². The topological polar surface area (TPSA) is 57.3 Å². The molecular weight excluding hydrogens is 323 g/mol. The number of amides is 1. The molecule has 114 valence electrons. The Kier molecular flexibility index (Phi) is 9.88. The molecule has 0 aliphatic carbocycles. The maximum absolute atomic E-state index is 11.9. The fourth-order valence-electron chi connectivity index (χ4n) is 1.92. The van der Waals surface area contributed by atoms with Crippen LogP contribution in [0.1, 0.15) is 10.4 Å². The molecule has 0 radical (unpaired) electrons. The number of aromatic nitrogens is 1.